The highest BCUT2D eigenvalue weighted by Crippen LogP contribution is 2.22. The molecule has 0 aliphatic rings. The second-order valence-electron chi connectivity index (χ2n) is 3.74. The molecule has 0 bridgehead atoms. The minimum atomic E-state index is 0.439. The summed E-state index contributed by atoms with van der Waals surface area (Å²) in [5, 5.41) is 1.26. The van der Waals surface area contributed by atoms with E-state index < -0.39 is 0 Å². The highest BCUT2D eigenvalue weighted by atomic mass is 35.5. The van der Waals surface area contributed by atoms with E-state index in [9.17, 15) is 0 Å². The van der Waals surface area contributed by atoms with Gasteiger partial charge >= 0.3 is 0 Å². The SMILES string of the molecule is Cc1cccc(-c2nc(Cl)c3cc[nH]c3n2)n1. The van der Waals surface area contributed by atoms with E-state index in [0.29, 0.717) is 11.0 Å². The molecule has 17 heavy (non-hydrogen) atoms. The summed E-state index contributed by atoms with van der Waals surface area (Å²) < 4.78 is 0. The van der Waals surface area contributed by atoms with E-state index in [1.807, 2.05) is 31.2 Å². The van der Waals surface area contributed by atoms with Crippen molar-refractivity contribution in [2.75, 3.05) is 0 Å². The van der Waals surface area contributed by atoms with E-state index in [2.05, 4.69) is 19.9 Å². The average Bonchev–Trinajstić information content (AvgIpc) is 2.77. The summed E-state index contributed by atoms with van der Waals surface area (Å²) in [7, 11) is 0. The van der Waals surface area contributed by atoms with Crippen molar-refractivity contribution >= 4 is 22.6 Å². The third-order valence-electron chi connectivity index (χ3n) is 2.49. The number of halogens is 1. The fraction of sp³-hybridized carbons (Fsp3) is 0.0833. The monoisotopic (exact) mass is 244 g/mol. The van der Waals surface area contributed by atoms with Crippen LogP contribution in [0.3, 0.4) is 0 Å². The maximum absolute atomic E-state index is 6.09. The van der Waals surface area contributed by atoms with Gasteiger partial charge in [-0.25, -0.2) is 15.0 Å². The van der Waals surface area contributed by atoms with Gasteiger partial charge in [-0.3, -0.25) is 0 Å². The molecule has 0 fully saturated rings. The van der Waals surface area contributed by atoms with Crippen LogP contribution >= 0.6 is 11.6 Å². The predicted molar refractivity (Wildman–Crippen MR) is 66.9 cm³/mol. The summed E-state index contributed by atoms with van der Waals surface area (Å²) in [4.78, 5) is 16.1. The number of nitrogens with zero attached hydrogens (tertiary/aromatic N) is 3. The van der Waals surface area contributed by atoms with Gasteiger partial charge in [0.15, 0.2) is 5.82 Å². The van der Waals surface area contributed by atoms with Crippen LogP contribution in [-0.2, 0) is 0 Å². The van der Waals surface area contributed by atoms with Gasteiger partial charge in [-0.2, -0.15) is 0 Å². The third-order valence-corrected chi connectivity index (χ3v) is 2.77. The number of pyridine rings is 1. The van der Waals surface area contributed by atoms with Crippen molar-refractivity contribution in [3.05, 3.63) is 41.3 Å². The summed E-state index contributed by atoms with van der Waals surface area (Å²) in [6, 6.07) is 7.57. The van der Waals surface area contributed by atoms with Gasteiger partial charge in [0.2, 0.25) is 0 Å². The van der Waals surface area contributed by atoms with E-state index >= 15 is 0 Å². The molecule has 0 aromatic carbocycles. The molecule has 0 aliphatic heterocycles. The quantitative estimate of drug-likeness (QED) is 0.670. The minimum absolute atomic E-state index is 0.439. The molecule has 0 spiro atoms. The largest absolute Gasteiger partial charge is 0.346 e. The summed E-state index contributed by atoms with van der Waals surface area (Å²) in [6.45, 7) is 1.93. The summed E-state index contributed by atoms with van der Waals surface area (Å²) in [6.07, 6.45) is 1.79. The van der Waals surface area contributed by atoms with Crippen LogP contribution in [-0.4, -0.2) is 19.9 Å². The second kappa shape index (κ2) is 3.82. The Balaban J connectivity index is 2.23. The highest BCUT2D eigenvalue weighted by molar-refractivity contribution is 6.34. The van der Waals surface area contributed by atoms with E-state index in [1.165, 1.54) is 0 Å². The Bertz CT molecular complexity index is 690. The lowest BCUT2D eigenvalue weighted by Crippen LogP contribution is -1.94. The summed E-state index contributed by atoms with van der Waals surface area (Å²) in [5.41, 5.74) is 2.38. The van der Waals surface area contributed by atoms with Crippen LogP contribution in [0.4, 0.5) is 0 Å². The van der Waals surface area contributed by atoms with E-state index in [-0.39, 0.29) is 0 Å². The normalized spacial score (nSPS) is 10.9. The number of nitrogens with one attached hydrogen (secondary N) is 1. The zero-order chi connectivity index (χ0) is 11.8. The van der Waals surface area contributed by atoms with Crippen molar-refractivity contribution in [2.24, 2.45) is 0 Å². The Labute approximate surface area is 103 Å². The van der Waals surface area contributed by atoms with Crippen molar-refractivity contribution in [1.82, 2.24) is 19.9 Å². The number of hydrogen-bond donors (Lipinski definition) is 1. The number of hydrogen-bond acceptors (Lipinski definition) is 3. The first-order valence-electron chi connectivity index (χ1n) is 5.19. The maximum Gasteiger partial charge on any atom is 0.181 e. The van der Waals surface area contributed by atoms with Gasteiger partial charge in [0.25, 0.3) is 0 Å². The molecule has 84 valence electrons. The van der Waals surface area contributed by atoms with Gasteiger partial charge in [0, 0.05) is 11.9 Å². The van der Waals surface area contributed by atoms with Gasteiger partial charge in [-0.15, -0.1) is 0 Å². The summed E-state index contributed by atoms with van der Waals surface area (Å²) in [5.74, 6) is 0.536. The molecule has 3 aromatic rings. The van der Waals surface area contributed by atoms with Crippen LogP contribution < -0.4 is 0 Å². The van der Waals surface area contributed by atoms with Crippen molar-refractivity contribution in [3.8, 4) is 11.5 Å². The van der Waals surface area contributed by atoms with Crippen molar-refractivity contribution in [2.45, 2.75) is 6.92 Å². The number of H-pyrrole nitrogens is 1. The van der Waals surface area contributed by atoms with Crippen LogP contribution in [0.25, 0.3) is 22.6 Å². The zero-order valence-electron chi connectivity index (χ0n) is 9.11. The molecule has 0 saturated carbocycles. The van der Waals surface area contributed by atoms with Crippen molar-refractivity contribution in [1.29, 1.82) is 0 Å². The standard InChI is InChI=1S/C12H9ClN4/c1-7-3-2-4-9(15-7)12-16-10(13)8-5-6-14-11(8)17-12/h2-6H,1H3,(H,14,16,17). The lowest BCUT2D eigenvalue weighted by Gasteiger charge is -2.01. The zero-order valence-corrected chi connectivity index (χ0v) is 9.86. The number of aromatic amines is 1. The van der Waals surface area contributed by atoms with Gasteiger partial charge in [-0.05, 0) is 25.1 Å². The fourth-order valence-corrected chi connectivity index (χ4v) is 1.92. The molecule has 0 aliphatic carbocycles. The fourth-order valence-electron chi connectivity index (χ4n) is 1.69. The molecule has 3 heterocycles. The Morgan fingerprint density at radius 1 is 1.12 bits per heavy atom. The Hall–Kier alpha value is -1.94. The van der Waals surface area contributed by atoms with Crippen LogP contribution in [0.5, 0.6) is 0 Å². The number of aryl methyl sites for hydroxylation is 1. The molecule has 0 atom stereocenters. The maximum atomic E-state index is 6.09. The molecule has 0 unspecified atom stereocenters. The van der Waals surface area contributed by atoms with Crippen molar-refractivity contribution in [3.63, 3.8) is 0 Å². The molecule has 4 nitrogen and oxygen atoms in total. The first kappa shape index (κ1) is 10.2. The first-order valence-corrected chi connectivity index (χ1v) is 5.56. The molecule has 3 rings (SSSR count). The molecular weight excluding hydrogens is 236 g/mol. The second-order valence-corrected chi connectivity index (χ2v) is 4.10. The Morgan fingerprint density at radius 2 is 2.00 bits per heavy atom. The van der Waals surface area contributed by atoms with Gasteiger partial charge < -0.3 is 4.98 Å². The lowest BCUT2D eigenvalue weighted by molar-refractivity contribution is 1.13. The molecule has 0 amide bonds. The van der Waals surface area contributed by atoms with E-state index in [0.717, 1.165) is 22.4 Å². The molecular formula is C12H9ClN4. The number of rotatable bonds is 1. The van der Waals surface area contributed by atoms with E-state index in [4.69, 9.17) is 11.6 Å². The Morgan fingerprint density at radius 3 is 2.82 bits per heavy atom. The highest BCUT2D eigenvalue weighted by Gasteiger charge is 2.09. The van der Waals surface area contributed by atoms with Gasteiger partial charge in [0.05, 0.1) is 5.39 Å². The third kappa shape index (κ3) is 1.76. The Kier molecular flexibility index (Phi) is 2.30. The lowest BCUT2D eigenvalue weighted by atomic mass is 10.3. The molecule has 5 heteroatoms. The van der Waals surface area contributed by atoms with Crippen LogP contribution in [0.15, 0.2) is 30.5 Å². The van der Waals surface area contributed by atoms with E-state index in [1.54, 1.807) is 6.20 Å². The van der Waals surface area contributed by atoms with Crippen LogP contribution in [0.1, 0.15) is 5.69 Å². The average molecular weight is 245 g/mol. The van der Waals surface area contributed by atoms with Crippen LogP contribution in [0, 0.1) is 6.92 Å². The van der Waals surface area contributed by atoms with Gasteiger partial charge in [-0.1, -0.05) is 17.7 Å². The van der Waals surface area contributed by atoms with Gasteiger partial charge in [0.1, 0.15) is 16.5 Å². The molecule has 0 radical (unpaired) electrons. The minimum Gasteiger partial charge on any atom is -0.346 e. The molecule has 1 N–H and O–H groups in total. The topological polar surface area (TPSA) is 54.5 Å². The molecule has 0 saturated heterocycles. The summed E-state index contributed by atoms with van der Waals surface area (Å²) >= 11 is 6.09. The predicted octanol–water partition coefficient (Wildman–Crippen LogP) is 2.98. The molecule has 3 aromatic heterocycles. The number of aromatic nitrogens is 4. The van der Waals surface area contributed by atoms with Crippen molar-refractivity contribution < 1.29 is 0 Å². The smallest absolute Gasteiger partial charge is 0.181 e. The van der Waals surface area contributed by atoms with Crippen LogP contribution in [0.2, 0.25) is 5.15 Å². The number of fused-ring (bicyclic) bond motifs is 1. The first-order chi connectivity index (χ1) is 8.24.